The van der Waals surface area contributed by atoms with Gasteiger partial charge in [0.15, 0.2) is 5.01 Å². The average Bonchev–Trinajstić information content (AvgIpc) is 3.30. The first-order chi connectivity index (χ1) is 18.9. The zero-order valence-electron chi connectivity index (χ0n) is 23.0. The van der Waals surface area contributed by atoms with Gasteiger partial charge < -0.3 is 14.8 Å². The number of benzene rings is 1. The Hall–Kier alpha value is -3.54. The van der Waals surface area contributed by atoms with Crippen LogP contribution in [0.2, 0.25) is 5.02 Å². The van der Waals surface area contributed by atoms with Crippen LogP contribution >= 0.6 is 22.9 Å². The molecule has 4 rings (SSSR count). The minimum Gasteiger partial charge on any atom is -0.456 e. The van der Waals surface area contributed by atoms with Crippen molar-refractivity contribution in [3.63, 3.8) is 0 Å². The highest BCUT2D eigenvalue weighted by Crippen LogP contribution is 2.28. The van der Waals surface area contributed by atoms with E-state index in [1.807, 2.05) is 0 Å². The lowest BCUT2D eigenvalue weighted by Crippen LogP contribution is -2.35. The Balaban J connectivity index is 1.53. The summed E-state index contributed by atoms with van der Waals surface area (Å²) in [5.74, 6) is -0.723. The number of amides is 2. The summed E-state index contributed by atoms with van der Waals surface area (Å²) in [4.78, 5) is 50.4. The molecule has 1 aliphatic rings. The van der Waals surface area contributed by atoms with E-state index in [0.717, 1.165) is 30.1 Å². The molecule has 12 heteroatoms. The number of thiazole rings is 1. The number of carbonyl (C=O) groups is 3. The molecule has 0 bridgehead atoms. The van der Waals surface area contributed by atoms with Crippen LogP contribution < -0.4 is 10.6 Å². The van der Waals surface area contributed by atoms with Gasteiger partial charge in [0.25, 0.3) is 5.91 Å². The molecule has 3 aromatic rings. The molecular weight excluding hydrogens is 554 g/mol. The number of esters is 1. The summed E-state index contributed by atoms with van der Waals surface area (Å²) in [5, 5.41) is 6.10. The maximum absolute atomic E-state index is 13.3. The van der Waals surface area contributed by atoms with E-state index in [4.69, 9.17) is 21.1 Å². The fourth-order valence-electron chi connectivity index (χ4n) is 3.97. The molecule has 2 amide bonds. The summed E-state index contributed by atoms with van der Waals surface area (Å²) in [7, 11) is 0. The van der Waals surface area contributed by atoms with Crippen LogP contribution in [-0.4, -0.2) is 51.0 Å². The molecule has 212 valence electrons. The molecule has 0 atom stereocenters. The van der Waals surface area contributed by atoms with Gasteiger partial charge >= 0.3 is 12.1 Å². The molecule has 3 heterocycles. The SMILES string of the molecule is CC(C)N1CCc2nc(C(=O)Nc3cc(C(=O)OC(C)(C)C)ccc3COC(=O)Nc3cc(Cl)ccn3)sc2C1. The number of ether oxygens (including phenoxy) is 2. The highest BCUT2D eigenvalue weighted by Gasteiger charge is 2.25. The van der Waals surface area contributed by atoms with E-state index in [1.165, 1.54) is 29.7 Å². The van der Waals surface area contributed by atoms with Crippen molar-refractivity contribution in [2.75, 3.05) is 17.2 Å². The zero-order valence-corrected chi connectivity index (χ0v) is 24.6. The van der Waals surface area contributed by atoms with Crippen LogP contribution in [0.15, 0.2) is 36.5 Å². The van der Waals surface area contributed by atoms with E-state index >= 15 is 0 Å². The van der Waals surface area contributed by atoms with Crippen molar-refractivity contribution in [3.8, 4) is 0 Å². The molecule has 1 aliphatic heterocycles. The summed E-state index contributed by atoms with van der Waals surface area (Å²) >= 11 is 7.30. The lowest BCUT2D eigenvalue weighted by molar-refractivity contribution is 0.00692. The molecule has 0 radical (unpaired) electrons. The number of rotatable bonds is 7. The Morgan fingerprint density at radius 3 is 2.62 bits per heavy atom. The zero-order chi connectivity index (χ0) is 29.0. The maximum Gasteiger partial charge on any atom is 0.413 e. The van der Waals surface area contributed by atoms with Crippen molar-refractivity contribution >= 4 is 52.4 Å². The third-order valence-corrected chi connectivity index (χ3v) is 7.31. The van der Waals surface area contributed by atoms with Crippen LogP contribution in [0.1, 0.15) is 70.9 Å². The molecule has 10 nitrogen and oxygen atoms in total. The number of aromatic nitrogens is 2. The van der Waals surface area contributed by atoms with Crippen LogP contribution in [0.3, 0.4) is 0 Å². The lowest BCUT2D eigenvalue weighted by Gasteiger charge is -2.29. The van der Waals surface area contributed by atoms with Gasteiger partial charge in [-0.25, -0.2) is 19.6 Å². The molecule has 0 saturated heterocycles. The fourth-order valence-corrected chi connectivity index (χ4v) is 5.16. The van der Waals surface area contributed by atoms with E-state index < -0.39 is 23.6 Å². The molecule has 40 heavy (non-hydrogen) atoms. The standard InChI is InChI=1S/C28H32ClN5O5S/c1-16(2)34-11-9-20-22(14-34)40-25(32-20)24(35)31-21-12-17(26(36)39-28(3,4)5)6-7-18(21)15-38-27(37)33-23-13-19(29)8-10-30-23/h6-8,10,12-13,16H,9,11,14-15H2,1-5H3,(H,31,35)(H,30,33,37). The van der Waals surface area contributed by atoms with Crippen LogP contribution in [0, 0.1) is 0 Å². The van der Waals surface area contributed by atoms with E-state index in [2.05, 4.69) is 39.3 Å². The molecule has 1 aromatic carbocycles. The number of carbonyl (C=O) groups excluding carboxylic acids is 3. The Kier molecular flexibility index (Phi) is 9.07. The number of anilines is 2. The van der Waals surface area contributed by atoms with Gasteiger partial charge in [0, 0.05) is 52.9 Å². The predicted octanol–water partition coefficient (Wildman–Crippen LogP) is 5.91. The number of pyridine rings is 1. The van der Waals surface area contributed by atoms with Crippen molar-refractivity contribution in [3.05, 3.63) is 68.3 Å². The number of hydrogen-bond acceptors (Lipinski definition) is 9. The molecule has 0 spiro atoms. The minimum absolute atomic E-state index is 0.186. The monoisotopic (exact) mass is 585 g/mol. The third-order valence-electron chi connectivity index (χ3n) is 5.99. The second-order valence-corrected chi connectivity index (χ2v) is 12.1. The van der Waals surface area contributed by atoms with Crippen molar-refractivity contribution in [1.29, 1.82) is 0 Å². The average molecular weight is 586 g/mol. The number of nitrogens with one attached hydrogen (secondary N) is 2. The first-order valence-electron chi connectivity index (χ1n) is 12.8. The Morgan fingerprint density at radius 2 is 1.93 bits per heavy atom. The van der Waals surface area contributed by atoms with E-state index in [9.17, 15) is 14.4 Å². The molecule has 0 unspecified atom stereocenters. The Labute approximate surface area is 242 Å². The van der Waals surface area contributed by atoms with Gasteiger partial charge in [-0.3, -0.25) is 15.0 Å². The highest BCUT2D eigenvalue weighted by molar-refractivity contribution is 7.13. The predicted molar refractivity (Wildman–Crippen MR) is 154 cm³/mol. The van der Waals surface area contributed by atoms with Crippen LogP contribution in [0.25, 0.3) is 0 Å². The first-order valence-corrected chi connectivity index (χ1v) is 14.0. The molecule has 0 aliphatic carbocycles. The summed E-state index contributed by atoms with van der Waals surface area (Å²) in [6.07, 6.45) is 1.48. The van der Waals surface area contributed by atoms with Gasteiger partial charge in [-0.2, -0.15) is 0 Å². The Bertz CT molecular complexity index is 1420. The largest absolute Gasteiger partial charge is 0.456 e. The number of hydrogen-bond donors (Lipinski definition) is 2. The fraction of sp³-hybridized carbons (Fsp3) is 0.393. The summed E-state index contributed by atoms with van der Waals surface area (Å²) in [6, 6.07) is 8.14. The quantitative estimate of drug-likeness (QED) is 0.328. The first kappa shape index (κ1) is 29.4. The Morgan fingerprint density at radius 1 is 1.15 bits per heavy atom. The molecule has 2 N–H and O–H groups in total. The van der Waals surface area contributed by atoms with Crippen LogP contribution in [0.4, 0.5) is 16.3 Å². The van der Waals surface area contributed by atoms with Crippen LogP contribution in [-0.2, 0) is 29.0 Å². The highest BCUT2D eigenvalue weighted by atomic mass is 35.5. The number of nitrogens with zero attached hydrogens (tertiary/aromatic N) is 3. The van der Waals surface area contributed by atoms with Crippen molar-refractivity contribution in [2.45, 2.75) is 65.8 Å². The molecule has 0 fully saturated rings. The van der Waals surface area contributed by atoms with Crippen molar-refractivity contribution in [1.82, 2.24) is 14.9 Å². The topological polar surface area (TPSA) is 123 Å². The van der Waals surface area contributed by atoms with Gasteiger partial charge in [0.2, 0.25) is 0 Å². The molecular formula is C28H32ClN5O5S. The van der Waals surface area contributed by atoms with Gasteiger partial charge in [-0.1, -0.05) is 17.7 Å². The molecule has 0 saturated carbocycles. The third kappa shape index (κ3) is 7.77. The summed E-state index contributed by atoms with van der Waals surface area (Å²) in [6.45, 7) is 11.1. The van der Waals surface area contributed by atoms with Crippen LogP contribution in [0.5, 0.6) is 0 Å². The van der Waals surface area contributed by atoms with Gasteiger partial charge in [-0.15, -0.1) is 11.3 Å². The van der Waals surface area contributed by atoms with Crippen molar-refractivity contribution < 1.29 is 23.9 Å². The smallest absolute Gasteiger partial charge is 0.413 e. The second kappa shape index (κ2) is 12.3. The summed E-state index contributed by atoms with van der Waals surface area (Å²) < 4.78 is 10.8. The van der Waals surface area contributed by atoms with E-state index in [1.54, 1.807) is 39.0 Å². The van der Waals surface area contributed by atoms with Gasteiger partial charge in [0.05, 0.1) is 11.3 Å². The molecule has 2 aromatic heterocycles. The second-order valence-electron chi connectivity index (χ2n) is 10.6. The van der Waals surface area contributed by atoms with E-state index in [-0.39, 0.29) is 18.0 Å². The number of fused-ring (bicyclic) bond motifs is 1. The number of halogens is 1. The van der Waals surface area contributed by atoms with Gasteiger partial charge in [0.1, 0.15) is 18.0 Å². The van der Waals surface area contributed by atoms with E-state index in [0.29, 0.717) is 27.3 Å². The minimum atomic E-state index is -0.759. The van der Waals surface area contributed by atoms with Crippen molar-refractivity contribution in [2.24, 2.45) is 0 Å². The maximum atomic E-state index is 13.3. The summed E-state index contributed by atoms with van der Waals surface area (Å²) in [5.41, 5.74) is 1.26. The van der Waals surface area contributed by atoms with Gasteiger partial charge in [-0.05, 0) is 58.9 Å². The lowest BCUT2D eigenvalue weighted by atomic mass is 10.1. The normalized spacial score (nSPS) is 13.5.